The zero-order valence-electron chi connectivity index (χ0n) is 38.6. The van der Waals surface area contributed by atoms with Crippen LogP contribution in [0.5, 0.6) is 0 Å². The summed E-state index contributed by atoms with van der Waals surface area (Å²) >= 11 is 0. The van der Waals surface area contributed by atoms with Gasteiger partial charge < -0.3 is 4.57 Å². The Morgan fingerprint density at radius 3 is 1.17 bits per heavy atom. The molecule has 1 heteroatoms. The Hall–Kier alpha value is -3.32. The maximum atomic E-state index is 2.82. The first-order chi connectivity index (χ1) is 29.0. The normalized spacial score (nSPS) is 15.2. The molecule has 1 heterocycles. The predicted molar refractivity (Wildman–Crippen MR) is 260 cm³/mol. The minimum absolute atomic E-state index is 0.0956. The first-order valence-electron chi connectivity index (χ1n) is 25.4. The van der Waals surface area contributed by atoms with E-state index in [9.17, 15) is 0 Å². The summed E-state index contributed by atoms with van der Waals surface area (Å²) < 4.78 is 2.82. The van der Waals surface area contributed by atoms with Crippen LogP contribution in [0.2, 0.25) is 0 Å². The van der Waals surface area contributed by atoms with Crippen LogP contribution >= 0.6 is 0 Å². The fraction of sp³-hybridized carbons (Fsp3) is 0.586. The molecular formula is C58H81N. The Labute approximate surface area is 361 Å². The van der Waals surface area contributed by atoms with Crippen LogP contribution in [0.1, 0.15) is 218 Å². The van der Waals surface area contributed by atoms with Gasteiger partial charge in [-0.3, -0.25) is 0 Å². The summed E-state index contributed by atoms with van der Waals surface area (Å²) in [4.78, 5) is 0. The molecular weight excluding hydrogens is 711 g/mol. The molecule has 0 spiro atoms. The minimum Gasteiger partial charge on any atom is -0.340 e. The first-order valence-corrected chi connectivity index (χ1v) is 25.4. The van der Waals surface area contributed by atoms with Gasteiger partial charge in [0.2, 0.25) is 0 Å². The van der Waals surface area contributed by atoms with E-state index in [0.717, 1.165) is 6.54 Å². The second-order valence-electron chi connectivity index (χ2n) is 19.4. The van der Waals surface area contributed by atoms with Crippen LogP contribution < -0.4 is 0 Å². The molecule has 1 aromatic heterocycles. The van der Waals surface area contributed by atoms with Gasteiger partial charge in [0.25, 0.3) is 0 Å². The summed E-state index contributed by atoms with van der Waals surface area (Å²) in [6.07, 6.45) is 31.4. The quantitative estimate of drug-likeness (QED) is 0.0492. The summed E-state index contributed by atoms with van der Waals surface area (Å²) in [5.74, 6) is 0.683. The van der Waals surface area contributed by atoms with Gasteiger partial charge in [-0.05, 0) is 107 Å². The molecule has 0 radical (unpaired) electrons. The average molecular weight is 792 g/mol. The van der Waals surface area contributed by atoms with Crippen molar-refractivity contribution in [2.75, 3.05) is 0 Å². The summed E-state index contributed by atoms with van der Waals surface area (Å²) in [5.41, 5.74) is 15.8. The molecule has 59 heavy (non-hydrogen) atoms. The molecule has 5 aromatic rings. The lowest BCUT2D eigenvalue weighted by Crippen LogP contribution is -2.25. The van der Waals surface area contributed by atoms with Gasteiger partial charge in [0.15, 0.2) is 0 Å². The second kappa shape index (κ2) is 20.5. The molecule has 1 atom stereocenters. The topological polar surface area (TPSA) is 4.93 Å². The lowest BCUT2D eigenvalue weighted by atomic mass is 9.70. The zero-order chi connectivity index (χ0) is 41.2. The van der Waals surface area contributed by atoms with Crippen LogP contribution in [0, 0.1) is 5.92 Å². The molecule has 2 aliphatic rings. The lowest BCUT2D eigenvalue weighted by Gasteiger charge is -2.33. The molecule has 2 aliphatic carbocycles. The molecule has 0 amide bonds. The van der Waals surface area contributed by atoms with E-state index < -0.39 is 0 Å². The second-order valence-corrected chi connectivity index (χ2v) is 19.4. The van der Waals surface area contributed by atoms with Gasteiger partial charge in [0.1, 0.15) is 0 Å². The third-order valence-corrected chi connectivity index (χ3v) is 15.5. The summed E-state index contributed by atoms with van der Waals surface area (Å²) in [6.45, 7) is 15.3. The summed E-state index contributed by atoms with van der Waals surface area (Å²) in [7, 11) is 0. The molecule has 318 valence electrons. The highest BCUT2D eigenvalue weighted by Crippen LogP contribution is 2.58. The van der Waals surface area contributed by atoms with Gasteiger partial charge in [-0.15, -0.1) is 0 Å². The highest BCUT2D eigenvalue weighted by Gasteiger charge is 2.45. The third kappa shape index (κ3) is 8.62. The van der Waals surface area contributed by atoms with E-state index in [1.807, 2.05) is 0 Å². The maximum absolute atomic E-state index is 2.82. The van der Waals surface area contributed by atoms with Crippen molar-refractivity contribution < 1.29 is 0 Å². The van der Waals surface area contributed by atoms with Crippen molar-refractivity contribution in [3.63, 3.8) is 0 Å². The van der Waals surface area contributed by atoms with Crippen LogP contribution in [0.3, 0.4) is 0 Å². The third-order valence-electron chi connectivity index (χ3n) is 15.5. The number of nitrogens with zero attached hydrogens (tertiary/aromatic N) is 1. The minimum atomic E-state index is 0.0956. The average Bonchev–Trinajstić information content (AvgIpc) is 3.82. The SMILES string of the molecule is CCCCCCC1(CCCCCC)c2ccccc2-c2cc3c(cc21)c1cc2c(cc1n3CC(CC)CCCC)-c1ccccc1C2(CCCCCC)CCCCCC. The summed E-state index contributed by atoms with van der Waals surface area (Å²) in [5, 5.41) is 3.04. The fourth-order valence-corrected chi connectivity index (χ4v) is 12.1. The van der Waals surface area contributed by atoms with E-state index in [1.54, 1.807) is 22.3 Å². The Balaban J connectivity index is 1.48. The smallest absolute Gasteiger partial charge is 0.0497 e. The summed E-state index contributed by atoms with van der Waals surface area (Å²) in [6, 6.07) is 30.3. The standard InChI is InChI=1S/C58H81N/c1-7-13-18-26-35-57(36-27-19-14-8-2)51-33-24-22-31-45(51)47-41-55-49(39-53(47)57)50-40-54-48(42-56(50)59(55)43-44(12-6)30-17-11-5)46-32-23-25-34-52(46)58(54,37-28-20-15-9-3)38-29-21-16-10-4/h22-25,31-34,39-42,44H,7-21,26-30,35-38,43H2,1-6H3. The molecule has 0 saturated carbocycles. The highest BCUT2D eigenvalue weighted by atomic mass is 15.0. The fourth-order valence-electron chi connectivity index (χ4n) is 12.1. The highest BCUT2D eigenvalue weighted by molar-refractivity contribution is 6.12. The molecule has 7 rings (SSSR count). The van der Waals surface area contributed by atoms with Crippen molar-refractivity contribution in [3.8, 4) is 22.3 Å². The number of aromatic nitrogens is 1. The van der Waals surface area contributed by atoms with Crippen molar-refractivity contribution >= 4 is 21.8 Å². The molecule has 4 aromatic carbocycles. The predicted octanol–water partition coefficient (Wildman–Crippen LogP) is 18.4. The van der Waals surface area contributed by atoms with Crippen LogP contribution in [-0.4, -0.2) is 4.57 Å². The number of unbranched alkanes of at least 4 members (excludes halogenated alkanes) is 13. The number of fused-ring (bicyclic) bond motifs is 9. The van der Waals surface area contributed by atoms with Gasteiger partial charge >= 0.3 is 0 Å². The van der Waals surface area contributed by atoms with Crippen molar-refractivity contribution in [2.24, 2.45) is 5.92 Å². The number of rotatable bonds is 26. The molecule has 1 nitrogen and oxygen atoms in total. The maximum Gasteiger partial charge on any atom is 0.0497 e. The van der Waals surface area contributed by atoms with E-state index in [0.29, 0.717) is 5.92 Å². The molecule has 0 aliphatic heterocycles. The molecule has 0 saturated heterocycles. The van der Waals surface area contributed by atoms with Crippen molar-refractivity contribution in [2.45, 2.75) is 213 Å². The monoisotopic (exact) mass is 792 g/mol. The largest absolute Gasteiger partial charge is 0.340 e. The van der Waals surface area contributed by atoms with Crippen LogP contribution in [0.4, 0.5) is 0 Å². The van der Waals surface area contributed by atoms with Gasteiger partial charge in [0, 0.05) is 39.2 Å². The van der Waals surface area contributed by atoms with Crippen molar-refractivity contribution in [1.82, 2.24) is 4.57 Å². The molecule has 0 bridgehead atoms. The number of hydrogen-bond acceptors (Lipinski definition) is 0. The van der Waals surface area contributed by atoms with Gasteiger partial charge in [-0.25, -0.2) is 0 Å². The van der Waals surface area contributed by atoms with E-state index in [4.69, 9.17) is 0 Å². The van der Waals surface area contributed by atoms with Crippen LogP contribution in [0.25, 0.3) is 44.1 Å². The van der Waals surface area contributed by atoms with E-state index in [1.165, 1.54) is 198 Å². The van der Waals surface area contributed by atoms with Crippen LogP contribution in [-0.2, 0) is 17.4 Å². The zero-order valence-corrected chi connectivity index (χ0v) is 38.6. The Bertz CT molecular complexity index is 1940. The Morgan fingerprint density at radius 1 is 0.407 bits per heavy atom. The Morgan fingerprint density at radius 2 is 0.797 bits per heavy atom. The Kier molecular flexibility index (Phi) is 15.2. The first kappa shape index (κ1) is 43.8. The number of benzene rings is 4. The molecule has 1 unspecified atom stereocenters. The van der Waals surface area contributed by atoms with Crippen molar-refractivity contribution in [3.05, 3.63) is 95.1 Å². The molecule has 0 fully saturated rings. The van der Waals surface area contributed by atoms with E-state index >= 15 is 0 Å². The lowest BCUT2D eigenvalue weighted by molar-refractivity contribution is 0.399. The van der Waals surface area contributed by atoms with E-state index in [-0.39, 0.29) is 10.8 Å². The van der Waals surface area contributed by atoms with E-state index in [2.05, 4.69) is 119 Å². The van der Waals surface area contributed by atoms with Gasteiger partial charge in [-0.1, -0.05) is 212 Å². The van der Waals surface area contributed by atoms with Crippen molar-refractivity contribution in [1.29, 1.82) is 0 Å². The van der Waals surface area contributed by atoms with Crippen LogP contribution in [0.15, 0.2) is 72.8 Å². The van der Waals surface area contributed by atoms with Gasteiger partial charge in [0.05, 0.1) is 0 Å². The van der Waals surface area contributed by atoms with Gasteiger partial charge in [-0.2, -0.15) is 0 Å². The molecule has 0 N–H and O–H groups in total. The number of hydrogen-bond donors (Lipinski definition) is 0.